The number of nitrogens with zero attached hydrogens (tertiary/aromatic N) is 1. The Labute approximate surface area is 93.2 Å². The van der Waals surface area contributed by atoms with Crippen LogP contribution in [0, 0.1) is 12.3 Å². The Bertz CT molecular complexity index is 240. The number of terminal acetylenes is 1. The van der Waals surface area contributed by atoms with Crippen molar-refractivity contribution in [2.75, 3.05) is 19.6 Å². The SMILES string of the molecule is C#CCN(CCC)C(=O)C(C)(C)NCC. The Morgan fingerprint density at radius 3 is 2.47 bits per heavy atom. The summed E-state index contributed by atoms with van der Waals surface area (Å²) in [5.41, 5.74) is -0.527. The van der Waals surface area contributed by atoms with Gasteiger partial charge in [0.1, 0.15) is 0 Å². The molecule has 0 aromatic carbocycles. The van der Waals surface area contributed by atoms with Crippen LogP contribution in [0.15, 0.2) is 0 Å². The van der Waals surface area contributed by atoms with Gasteiger partial charge in [-0.2, -0.15) is 0 Å². The van der Waals surface area contributed by atoms with Gasteiger partial charge in [-0.25, -0.2) is 0 Å². The molecule has 0 heterocycles. The lowest BCUT2D eigenvalue weighted by atomic mass is 10.0. The minimum Gasteiger partial charge on any atom is -0.330 e. The summed E-state index contributed by atoms with van der Waals surface area (Å²) in [6.07, 6.45) is 6.18. The predicted octanol–water partition coefficient (Wildman–Crippen LogP) is 1.25. The van der Waals surface area contributed by atoms with E-state index >= 15 is 0 Å². The molecular formula is C12H22N2O. The van der Waals surface area contributed by atoms with E-state index in [1.54, 1.807) is 4.90 Å². The van der Waals surface area contributed by atoms with Crippen LogP contribution < -0.4 is 5.32 Å². The van der Waals surface area contributed by atoms with Gasteiger partial charge >= 0.3 is 0 Å². The minimum absolute atomic E-state index is 0.0733. The molecule has 0 bridgehead atoms. The van der Waals surface area contributed by atoms with E-state index < -0.39 is 5.54 Å². The third-order valence-electron chi connectivity index (χ3n) is 2.22. The largest absolute Gasteiger partial charge is 0.330 e. The predicted molar refractivity (Wildman–Crippen MR) is 63.5 cm³/mol. The zero-order chi connectivity index (χ0) is 11.9. The van der Waals surface area contributed by atoms with E-state index in [0.717, 1.165) is 19.5 Å². The van der Waals surface area contributed by atoms with Crippen LogP contribution in [0.4, 0.5) is 0 Å². The van der Waals surface area contributed by atoms with Gasteiger partial charge in [-0.05, 0) is 26.8 Å². The van der Waals surface area contributed by atoms with Gasteiger partial charge in [0.05, 0.1) is 12.1 Å². The van der Waals surface area contributed by atoms with E-state index in [0.29, 0.717) is 6.54 Å². The van der Waals surface area contributed by atoms with Crippen LogP contribution in [0.25, 0.3) is 0 Å². The van der Waals surface area contributed by atoms with Crippen LogP contribution in [0.3, 0.4) is 0 Å². The lowest BCUT2D eigenvalue weighted by Crippen LogP contribution is -2.54. The number of likely N-dealkylation sites (N-methyl/N-ethyl adjacent to an activating group) is 1. The molecule has 0 unspecified atom stereocenters. The standard InChI is InChI=1S/C12H22N2O/c1-6-9-14(10-7-2)11(15)12(4,5)13-8-3/h1,13H,7-10H2,2-5H3. The molecule has 0 aromatic rings. The molecule has 3 nitrogen and oxygen atoms in total. The zero-order valence-corrected chi connectivity index (χ0v) is 10.3. The van der Waals surface area contributed by atoms with Gasteiger partial charge in [0.15, 0.2) is 0 Å². The molecular weight excluding hydrogens is 188 g/mol. The summed E-state index contributed by atoms with van der Waals surface area (Å²) in [6.45, 7) is 9.68. The Kier molecular flexibility index (Phi) is 6.03. The molecule has 0 aliphatic rings. The Morgan fingerprint density at radius 1 is 1.47 bits per heavy atom. The molecule has 0 saturated carbocycles. The lowest BCUT2D eigenvalue weighted by Gasteiger charge is -2.31. The Morgan fingerprint density at radius 2 is 2.07 bits per heavy atom. The number of amides is 1. The van der Waals surface area contributed by atoms with Crippen molar-refractivity contribution in [3.63, 3.8) is 0 Å². The van der Waals surface area contributed by atoms with E-state index in [4.69, 9.17) is 6.42 Å². The second kappa shape index (κ2) is 6.47. The maximum atomic E-state index is 12.1. The lowest BCUT2D eigenvalue weighted by molar-refractivity contribution is -0.136. The van der Waals surface area contributed by atoms with Crippen molar-refractivity contribution in [2.45, 2.75) is 39.7 Å². The number of hydrogen-bond donors (Lipinski definition) is 1. The molecule has 86 valence electrons. The summed E-state index contributed by atoms with van der Waals surface area (Å²) in [6, 6.07) is 0. The highest BCUT2D eigenvalue weighted by atomic mass is 16.2. The molecule has 0 radical (unpaired) electrons. The van der Waals surface area contributed by atoms with Crippen molar-refractivity contribution in [3.05, 3.63) is 0 Å². The second-order valence-corrected chi connectivity index (χ2v) is 4.09. The van der Waals surface area contributed by atoms with Crippen molar-refractivity contribution >= 4 is 5.91 Å². The van der Waals surface area contributed by atoms with E-state index in [9.17, 15) is 4.79 Å². The monoisotopic (exact) mass is 210 g/mol. The number of carbonyl (C=O) groups is 1. The average molecular weight is 210 g/mol. The molecule has 0 spiro atoms. The highest BCUT2D eigenvalue weighted by molar-refractivity contribution is 5.85. The highest BCUT2D eigenvalue weighted by Crippen LogP contribution is 2.08. The number of rotatable bonds is 6. The summed E-state index contributed by atoms with van der Waals surface area (Å²) in [5.74, 6) is 2.60. The van der Waals surface area contributed by atoms with Gasteiger partial charge in [-0.15, -0.1) is 6.42 Å². The van der Waals surface area contributed by atoms with Crippen molar-refractivity contribution in [3.8, 4) is 12.3 Å². The summed E-state index contributed by atoms with van der Waals surface area (Å²) >= 11 is 0. The average Bonchev–Trinajstić information content (AvgIpc) is 2.16. The van der Waals surface area contributed by atoms with Gasteiger partial charge in [-0.3, -0.25) is 4.79 Å². The summed E-state index contributed by atoms with van der Waals surface area (Å²) in [4.78, 5) is 13.8. The summed E-state index contributed by atoms with van der Waals surface area (Å²) in [7, 11) is 0. The van der Waals surface area contributed by atoms with Crippen LogP contribution >= 0.6 is 0 Å². The van der Waals surface area contributed by atoms with Crippen molar-refractivity contribution in [1.29, 1.82) is 0 Å². The van der Waals surface area contributed by atoms with E-state index in [1.807, 2.05) is 27.7 Å². The fourth-order valence-electron chi connectivity index (χ4n) is 1.55. The van der Waals surface area contributed by atoms with E-state index in [2.05, 4.69) is 11.2 Å². The molecule has 15 heavy (non-hydrogen) atoms. The molecule has 0 rings (SSSR count). The molecule has 0 atom stereocenters. The topological polar surface area (TPSA) is 32.3 Å². The van der Waals surface area contributed by atoms with Crippen molar-refractivity contribution in [2.24, 2.45) is 0 Å². The highest BCUT2D eigenvalue weighted by Gasteiger charge is 2.30. The van der Waals surface area contributed by atoms with Crippen LogP contribution in [-0.4, -0.2) is 36.0 Å². The van der Waals surface area contributed by atoms with Crippen LogP contribution in [0.1, 0.15) is 34.1 Å². The fourth-order valence-corrected chi connectivity index (χ4v) is 1.55. The molecule has 1 N–H and O–H groups in total. The molecule has 3 heteroatoms. The van der Waals surface area contributed by atoms with E-state index in [1.165, 1.54) is 0 Å². The number of nitrogens with one attached hydrogen (secondary N) is 1. The summed E-state index contributed by atoms with van der Waals surface area (Å²) < 4.78 is 0. The van der Waals surface area contributed by atoms with Gasteiger partial charge in [0, 0.05) is 6.54 Å². The third kappa shape index (κ3) is 4.35. The molecule has 0 fully saturated rings. The van der Waals surface area contributed by atoms with Crippen LogP contribution in [0.5, 0.6) is 0 Å². The fraction of sp³-hybridized carbons (Fsp3) is 0.750. The van der Waals surface area contributed by atoms with E-state index in [-0.39, 0.29) is 5.91 Å². The minimum atomic E-state index is -0.527. The molecule has 0 aromatic heterocycles. The molecule has 0 saturated heterocycles. The van der Waals surface area contributed by atoms with Gasteiger partial charge in [-0.1, -0.05) is 19.8 Å². The molecule has 1 amide bonds. The van der Waals surface area contributed by atoms with Gasteiger partial charge < -0.3 is 10.2 Å². The smallest absolute Gasteiger partial charge is 0.243 e. The van der Waals surface area contributed by atoms with Crippen molar-refractivity contribution in [1.82, 2.24) is 10.2 Å². The van der Waals surface area contributed by atoms with Crippen LogP contribution in [0.2, 0.25) is 0 Å². The van der Waals surface area contributed by atoms with Gasteiger partial charge in [0.25, 0.3) is 0 Å². The normalized spacial score (nSPS) is 10.9. The van der Waals surface area contributed by atoms with Crippen LogP contribution in [-0.2, 0) is 4.79 Å². The zero-order valence-electron chi connectivity index (χ0n) is 10.3. The van der Waals surface area contributed by atoms with Crippen molar-refractivity contribution < 1.29 is 4.79 Å². The third-order valence-corrected chi connectivity index (χ3v) is 2.22. The first-order valence-electron chi connectivity index (χ1n) is 5.47. The first-order chi connectivity index (χ1) is 6.99. The Hall–Kier alpha value is -1.01. The molecule has 0 aliphatic heterocycles. The number of hydrogen-bond acceptors (Lipinski definition) is 2. The summed E-state index contributed by atoms with van der Waals surface area (Å²) in [5, 5.41) is 3.16. The maximum Gasteiger partial charge on any atom is 0.243 e. The number of carbonyl (C=O) groups excluding carboxylic acids is 1. The second-order valence-electron chi connectivity index (χ2n) is 4.09. The molecule has 0 aliphatic carbocycles. The maximum absolute atomic E-state index is 12.1. The Balaban J connectivity index is 4.54. The first-order valence-corrected chi connectivity index (χ1v) is 5.47. The first kappa shape index (κ1) is 14.0. The quantitative estimate of drug-likeness (QED) is 0.669. The van der Waals surface area contributed by atoms with Gasteiger partial charge in [0.2, 0.25) is 5.91 Å².